The highest BCUT2D eigenvalue weighted by Crippen LogP contribution is 2.33. The van der Waals surface area contributed by atoms with Crippen molar-refractivity contribution in [3.05, 3.63) is 40.6 Å². The fraction of sp³-hybridized carbons (Fsp3) is 0.476. The lowest BCUT2D eigenvalue weighted by Crippen LogP contribution is -2.40. The van der Waals surface area contributed by atoms with Gasteiger partial charge in [-0.2, -0.15) is 0 Å². The summed E-state index contributed by atoms with van der Waals surface area (Å²) >= 11 is 3.15. The molecule has 3 heterocycles. The number of rotatable bonds is 7. The van der Waals surface area contributed by atoms with Crippen LogP contribution in [0.25, 0.3) is 11.0 Å². The quantitative estimate of drug-likeness (QED) is 0.562. The van der Waals surface area contributed by atoms with E-state index in [0.29, 0.717) is 18.1 Å². The number of amides is 1. The van der Waals surface area contributed by atoms with E-state index in [0.717, 1.165) is 51.4 Å². The normalized spacial score (nSPS) is 17.7. The molecule has 1 aliphatic rings. The number of nitrogens with zero attached hydrogens (tertiary/aromatic N) is 3. The molecule has 0 radical (unpaired) electrons. The van der Waals surface area contributed by atoms with Crippen molar-refractivity contribution in [2.75, 3.05) is 26.2 Å². The van der Waals surface area contributed by atoms with Crippen molar-refractivity contribution in [2.45, 2.75) is 36.8 Å². The molecule has 0 bridgehead atoms. The molecule has 3 aromatic rings. The molecule has 4 rings (SSSR count). The lowest BCUT2D eigenvalue weighted by Gasteiger charge is -2.30. The zero-order chi connectivity index (χ0) is 20.2. The molecule has 1 amide bonds. The molecule has 1 aromatic carbocycles. The number of hydrogen-bond acceptors (Lipinski definition) is 7. The Labute approximate surface area is 179 Å². The van der Waals surface area contributed by atoms with Crippen molar-refractivity contribution in [3.63, 3.8) is 0 Å². The SMILES string of the molecule is Cc1nnc(SCc2c(C(=O)NCCN3CCCC(C)C3)oc3ccccc23)s1. The predicted octanol–water partition coefficient (Wildman–Crippen LogP) is 4.35. The van der Waals surface area contributed by atoms with Crippen LogP contribution in [0.1, 0.15) is 40.9 Å². The summed E-state index contributed by atoms with van der Waals surface area (Å²) in [5.74, 6) is 1.63. The van der Waals surface area contributed by atoms with Crippen LogP contribution in [0.15, 0.2) is 33.0 Å². The van der Waals surface area contributed by atoms with Crippen molar-refractivity contribution in [1.82, 2.24) is 20.4 Å². The fourth-order valence-electron chi connectivity index (χ4n) is 3.79. The van der Waals surface area contributed by atoms with E-state index in [9.17, 15) is 4.79 Å². The summed E-state index contributed by atoms with van der Waals surface area (Å²) in [6, 6.07) is 7.81. The van der Waals surface area contributed by atoms with E-state index in [1.807, 2.05) is 31.2 Å². The maximum Gasteiger partial charge on any atom is 0.287 e. The van der Waals surface area contributed by atoms with Gasteiger partial charge in [-0.3, -0.25) is 4.79 Å². The van der Waals surface area contributed by atoms with Crippen molar-refractivity contribution >= 4 is 40.0 Å². The third kappa shape index (κ3) is 4.99. The second kappa shape index (κ2) is 9.28. The molecule has 1 saturated heterocycles. The van der Waals surface area contributed by atoms with E-state index in [1.54, 1.807) is 23.1 Å². The summed E-state index contributed by atoms with van der Waals surface area (Å²) in [7, 11) is 0. The van der Waals surface area contributed by atoms with E-state index >= 15 is 0 Å². The van der Waals surface area contributed by atoms with E-state index in [4.69, 9.17) is 4.42 Å². The Bertz CT molecular complexity index is 984. The van der Waals surface area contributed by atoms with Crippen molar-refractivity contribution in [2.24, 2.45) is 5.92 Å². The number of furan rings is 1. The van der Waals surface area contributed by atoms with Crippen LogP contribution in [0.4, 0.5) is 0 Å². The fourth-order valence-corrected chi connectivity index (χ4v) is 5.64. The number of carbonyl (C=O) groups excluding carboxylic acids is 1. The summed E-state index contributed by atoms with van der Waals surface area (Å²) in [5.41, 5.74) is 1.66. The van der Waals surface area contributed by atoms with Gasteiger partial charge in [0, 0.05) is 36.3 Å². The summed E-state index contributed by atoms with van der Waals surface area (Å²) in [6.07, 6.45) is 2.54. The maximum absolute atomic E-state index is 12.9. The van der Waals surface area contributed by atoms with Gasteiger partial charge < -0.3 is 14.6 Å². The number of thioether (sulfide) groups is 1. The number of nitrogens with one attached hydrogen (secondary N) is 1. The molecule has 29 heavy (non-hydrogen) atoms. The zero-order valence-electron chi connectivity index (χ0n) is 16.8. The molecule has 8 heteroatoms. The minimum absolute atomic E-state index is 0.143. The van der Waals surface area contributed by atoms with Crippen LogP contribution in [0.2, 0.25) is 0 Å². The predicted molar refractivity (Wildman–Crippen MR) is 118 cm³/mol. The summed E-state index contributed by atoms with van der Waals surface area (Å²) in [5, 5.41) is 13.2. The highest BCUT2D eigenvalue weighted by atomic mass is 32.2. The Kier molecular flexibility index (Phi) is 6.52. The number of piperidine rings is 1. The summed E-state index contributed by atoms with van der Waals surface area (Å²) in [6.45, 7) is 7.98. The molecule has 1 aliphatic heterocycles. The first-order valence-electron chi connectivity index (χ1n) is 10.0. The molecule has 0 saturated carbocycles. The minimum Gasteiger partial charge on any atom is -0.451 e. The van der Waals surface area contributed by atoms with Crippen LogP contribution in [0.3, 0.4) is 0 Å². The monoisotopic (exact) mass is 430 g/mol. The molecular formula is C21H26N4O2S2. The van der Waals surface area contributed by atoms with Crippen LogP contribution < -0.4 is 5.32 Å². The van der Waals surface area contributed by atoms with Gasteiger partial charge in [0.1, 0.15) is 10.6 Å². The largest absolute Gasteiger partial charge is 0.451 e. The Morgan fingerprint density at radius 2 is 2.24 bits per heavy atom. The van der Waals surface area contributed by atoms with Gasteiger partial charge in [-0.05, 0) is 38.3 Å². The van der Waals surface area contributed by atoms with Crippen LogP contribution in [0, 0.1) is 12.8 Å². The number of hydrogen-bond donors (Lipinski definition) is 1. The average molecular weight is 431 g/mol. The number of aromatic nitrogens is 2. The molecule has 0 spiro atoms. The smallest absolute Gasteiger partial charge is 0.287 e. The highest BCUT2D eigenvalue weighted by molar-refractivity contribution is 8.00. The number of fused-ring (bicyclic) bond motifs is 1. The first-order valence-corrected chi connectivity index (χ1v) is 11.8. The number of likely N-dealkylation sites (tertiary alicyclic amines) is 1. The lowest BCUT2D eigenvalue weighted by molar-refractivity contribution is 0.0917. The second-order valence-electron chi connectivity index (χ2n) is 7.59. The molecule has 1 unspecified atom stereocenters. The van der Waals surface area contributed by atoms with Gasteiger partial charge in [-0.15, -0.1) is 10.2 Å². The minimum atomic E-state index is -0.143. The lowest BCUT2D eigenvalue weighted by atomic mass is 10.0. The van der Waals surface area contributed by atoms with Crippen LogP contribution in [-0.4, -0.2) is 47.2 Å². The average Bonchev–Trinajstić information content (AvgIpc) is 3.29. The number of carbonyl (C=O) groups is 1. The van der Waals surface area contributed by atoms with Crippen molar-refractivity contribution < 1.29 is 9.21 Å². The Balaban J connectivity index is 1.44. The summed E-state index contributed by atoms with van der Waals surface area (Å²) in [4.78, 5) is 15.3. The number of para-hydroxylation sites is 1. The van der Waals surface area contributed by atoms with Gasteiger partial charge in [0.05, 0.1) is 0 Å². The number of aryl methyl sites for hydroxylation is 1. The van der Waals surface area contributed by atoms with Gasteiger partial charge in [-0.25, -0.2) is 0 Å². The first-order chi connectivity index (χ1) is 14.1. The van der Waals surface area contributed by atoms with Crippen molar-refractivity contribution in [3.8, 4) is 0 Å². The molecule has 1 N–H and O–H groups in total. The van der Waals surface area contributed by atoms with Crippen LogP contribution in [-0.2, 0) is 5.75 Å². The van der Waals surface area contributed by atoms with Gasteiger partial charge in [0.2, 0.25) is 0 Å². The van der Waals surface area contributed by atoms with Crippen molar-refractivity contribution in [1.29, 1.82) is 0 Å². The molecule has 1 atom stereocenters. The highest BCUT2D eigenvalue weighted by Gasteiger charge is 2.22. The Hall–Kier alpha value is -1.90. The second-order valence-corrected chi connectivity index (χ2v) is 9.99. The third-order valence-corrected chi connectivity index (χ3v) is 7.21. The van der Waals surface area contributed by atoms with Crippen LogP contribution >= 0.6 is 23.1 Å². The first kappa shape index (κ1) is 20.4. The van der Waals surface area contributed by atoms with Gasteiger partial charge in [-0.1, -0.05) is 48.2 Å². The third-order valence-electron chi connectivity index (χ3n) is 5.21. The maximum atomic E-state index is 12.9. The Morgan fingerprint density at radius 3 is 3.03 bits per heavy atom. The molecule has 2 aromatic heterocycles. The number of benzene rings is 1. The molecular weight excluding hydrogens is 404 g/mol. The molecule has 0 aliphatic carbocycles. The van der Waals surface area contributed by atoms with E-state index in [1.165, 1.54) is 12.8 Å². The summed E-state index contributed by atoms with van der Waals surface area (Å²) < 4.78 is 6.84. The molecule has 1 fully saturated rings. The van der Waals surface area contributed by atoms with Gasteiger partial charge in [0.25, 0.3) is 5.91 Å². The Morgan fingerprint density at radius 1 is 1.38 bits per heavy atom. The van der Waals surface area contributed by atoms with E-state index in [-0.39, 0.29) is 5.91 Å². The zero-order valence-corrected chi connectivity index (χ0v) is 18.4. The van der Waals surface area contributed by atoms with Gasteiger partial charge >= 0.3 is 0 Å². The topological polar surface area (TPSA) is 71.3 Å². The van der Waals surface area contributed by atoms with E-state index in [2.05, 4.69) is 27.3 Å². The van der Waals surface area contributed by atoms with Gasteiger partial charge in [0.15, 0.2) is 10.1 Å². The standard InChI is InChI=1S/C21H26N4O2S2/c1-14-6-5-10-25(12-14)11-9-22-20(26)19-17(13-28-21-24-23-15(2)29-21)16-7-3-4-8-18(16)27-19/h3-4,7-8,14H,5-6,9-13H2,1-2H3,(H,22,26). The van der Waals surface area contributed by atoms with Crippen LogP contribution in [0.5, 0.6) is 0 Å². The molecule has 6 nitrogen and oxygen atoms in total. The molecule has 154 valence electrons. The van der Waals surface area contributed by atoms with E-state index < -0.39 is 0 Å².